The van der Waals surface area contributed by atoms with Crippen molar-refractivity contribution >= 4 is 18.9 Å². The molecule has 90 valence electrons. The highest BCUT2D eigenvalue weighted by Gasteiger charge is 2.19. The molecule has 16 heavy (non-hydrogen) atoms. The van der Waals surface area contributed by atoms with Gasteiger partial charge in [0.15, 0.2) is 0 Å². The second-order valence-electron chi connectivity index (χ2n) is 5.72. The minimum Gasteiger partial charge on any atom is -0.399 e. The lowest BCUT2D eigenvalue weighted by atomic mass is 10.1. The average Bonchev–Trinajstić information content (AvgIpc) is 2.12. The molecule has 2 N–H and O–H groups in total. The highest BCUT2D eigenvalue weighted by Crippen LogP contribution is 2.12. The van der Waals surface area contributed by atoms with E-state index < -0.39 is 8.07 Å². The van der Waals surface area contributed by atoms with Gasteiger partial charge in [-0.05, 0) is 38.2 Å². The highest BCUT2D eigenvalue weighted by atomic mass is 28.3. The van der Waals surface area contributed by atoms with Crippen LogP contribution in [0, 0.1) is 0 Å². The van der Waals surface area contributed by atoms with Crippen molar-refractivity contribution in [2.45, 2.75) is 26.1 Å². The van der Waals surface area contributed by atoms with Crippen LogP contribution < -0.4 is 10.9 Å². The van der Waals surface area contributed by atoms with Crippen LogP contribution in [-0.2, 0) is 6.42 Å². The standard InChI is InChI=1S/C13H24N2Si/c1-15(2)9-8-11-10-12(14)6-7-13(11)16(3,4)5/h6-7,10H,8-9,14H2,1-5H3. The van der Waals surface area contributed by atoms with E-state index in [0.717, 1.165) is 18.7 Å². The molecule has 2 nitrogen and oxygen atoms in total. The number of rotatable bonds is 4. The molecule has 1 rings (SSSR count). The SMILES string of the molecule is CN(C)CCc1cc(N)ccc1[Si](C)(C)C. The normalized spacial score (nSPS) is 12.1. The first-order valence-corrected chi connectivity index (χ1v) is 9.34. The first-order chi connectivity index (χ1) is 7.30. The Morgan fingerprint density at radius 1 is 1.19 bits per heavy atom. The Morgan fingerprint density at radius 2 is 1.81 bits per heavy atom. The second-order valence-corrected chi connectivity index (χ2v) is 10.8. The summed E-state index contributed by atoms with van der Waals surface area (Å²) in [6, 6.07) is 6.41. The molecule has 0 amide bonds. The molecule has 0 aliphatic rings. The molecule has 0 aliphatic carbocycles. The van der Waals surface area contributed by atoms with Gasteiger partial charge in [0.1, 0.15) is 0 Å². The lowest BCUT2D eigenvalue weighted by Crippen LogP contribution is -2.40. The molecule has 0 unspecified atom stereocenters. The molecule has 0 spiro atoms. The monoisotopic (exact) mass is 236 g/mol. The van der Waals surface area contributed by atoms with Gasteiger partial charge in [0.2, 0.25) is 0 Å². The van der Waals surface area contributed by atoms with Crippen molar-refractivity contribution in [1.29, 1.82) is 0 Å². The van der Waals surface area contributed by atoms with Crippen LogP contribution in [0.15, 0.2) is 18.2 Å². The number of hydrogen-bond acceptors (Lipinski definition) is 2. The Labute approximate surface area is 100 Å². The summed E-state index contributed by atoms with van der Waals surface area (Å²) in [5, 5.41) is 1.54. The lowest BCUT2D eigenvalue weighted by molar-refractivity contribution is 0.414. The summed E-state index contributed by atoms with van der Waals surface area (Å²) in [5.74, 6) is 0. The Kier molecular flexibility index (Phi) is 4.16. The zero-order valence-corrected chi connectivity index (χ0v) is 12.2. The fourth-order valence-corrected chi connectivity index (χ4v) is 3.64. The summed E-state index contributed by atoms with van der Waals surface area (Å²) >= 11 is 0. The van der Waals surface area contributed by atoms with Crippen LogP contribution in [0.3, 0.4) is 0 Å². The van der Waals surface area contributed by atoms with Crippen LogP contribution in [0.1, 0.15) is 5.56 Å². The molecule has 0 aliphatic heterocycles. The van der Waals surface area contributed by atoms with E-state index in [1.165, 1.54) is 5.56 Å². The quantitative estimate of drug-likeness (QED) is 0.639. The summed E-state index contributed by atoms with van der Waals surface area (Å²) in [6.45, 7) is 8.24. The Hall–Kier alpha value is -0.803. The van der Waals surface area contributed by atoms with Crippen molar-refractivity contribution in [3.05, 3.63) is 23.8 Å². The third kappa shape index (κ3) is 3.65. The molecule has 0 fully saturated rings. The fraction of sp³-hybridized carbons (Fsp3) is 0.538. The van der Waals surface area contributed by atoms with Crippen LogP contribution in [0.5, 0.6) is 0 Å². The van der Waals surface area contributed by atoms with Gasteiger partial charge in [0.25, 0.3) is 0 Å². The predicted molar refractivity (Wildman–Crippen MR) is 76.1 cm³/mol. The maximum absolute atomic E-state index is 5.88. The molecule has 3 heteroatoms. The largest absolute Gasteiger partial charge is 0.399 e. The third-order valence-corrected chi connectivity index (χ3v) is 4.87. The summed E-state index contributed by atoms with van der Waals surface area (Å²) in [5.41, 5.74) is 8.20. The Bertz CT molecular complexity index is 353. The molecule has 0 aromatic heterocycles. The molecule has 0 saturated carbocycles. The predicted octanol–water partition coefficient (Wildman–Crippen LogP) is 1.92. The number of nitrogens with two attached hydrogens (primary N) is 1. The fourth-order valence-electron chi connectivity index (χ4n) is 1.90. The molecule has 0 saturated heterocycles. The molecular weight excluding hydrogens is 212 g/mol. The zero-order valence-electron chi connectivity index (χ0n) is 11.2. The van der Waals surface area contributed by atoms with E-state index in [4.69, 9.17) is 5.73 Å². The molecule has 1 aromatic rings. The van der Waals surface area contributed by atoms with E-state index in [-0.39, 0.29) is 0 Å². The smallest absolute Gasteiger partial charge is 0.0779 e. The highest BCUT2D eigenvalue weighted by molar-refractivity contribution is 6.89. The minimum atomic E-state index is -1.25. The van der Waals surface area contributed by atoms with Crippen LogP contribution in [0.25, 0.3) is 0 Å². The van der Waals surface area contributed by atoms with Crippen LogP contribution in [0.2, 0.25) is 19.6 Å². The third-order valence-electron chi connectivity index (χ3n) is 2.77. The van der Waals surface area contributed by atoms with Gasteiger partial charge in [-0.3, -0.25) is 0 Å². The van der Waals surface area contributed by atoms with Crippen LogP contribution in [0.4, 0.5) is 5.69 Å². The van der Waals surface area contributed by atoms with Crippen molar-refractivity contribution in [2.75, 3.05) is 26.4 Å². The number of nitrogens with zero attached hydrogens (tertiary/aromatic N) is 1. The Balaban J connectivity index is 2.99. The molecular formula is C13H24N2Si. The Morgan fingerprint density at radius 3 is 2.31 bits per heavy atom. The second kappa shape index (κ2) is 5.02. The lowest BCUT2D eigenvalue weighted by Gasteiger charge is -2.22. The van der Waals surface area contributed by atoms with Crippen molar-refractivity contribution in [3.8, 4) is 0 Å². The van der Waals surface area contributed by atoms with Gasteiger partial charge in [-0.1, -0.05) is 30.9 Å². The van der Waals surface area contributed by atoms with Gasteiger partial charge < -0.3 is 10.6 Å². The topological polar surface area (TPSA) is 29.3 Å². The molecule has 0 radical (unpaired) electrons. The molecule has 0 heterocycles. The molecule has 0 bridgehead atoms. The van der Waals surface area contributed by atoms with Gasteiger partial charge in [-0.25, -0.2) is 0 Å². The van der Waals surface area contributed by atoms with Crippen molar-refractivity contribution in [3.63, 3.8) is 0 Å². The van der Waals surface area contributed by atoms with Gasteiger partial charge >= 0.3 is 0 Å². The number of benzene rings is 1. The van der Waals surface area contributed by atoms with Gasteiger partial charge in [-0.2, -0.15) is 0 Å². The van der Waals surface area contributed by atoms with E-state index in [1.54, 1.807) is 5.19 Å². The number of anilines is 1. The minimum absolute atomic E-state index is 0.885. The van der Waals surface area contributed by atoms with Crippen LogP contribution in [-0.4, -0.2) is 33.6 Å². The molecule has 0 atom stereocenters. The number of hydrogen-bond donors (Lipinski definition) is 1. The van der Waals surface area contributed by atoms with E-state index in [1.807, 2.05) is 6.07 Å². The first kappa shape index (κ1) is 13.3. The van der Waals surface area contributed by atoms with E-state index >= 15 is 0 Å². The maximum Gasteiger partial charge on any atom is 0.0779 e. The van der Waals surface area contributed by atoms with Gasteiger partial charge in [-0.15, -0.1) is 0 Å². The summed E-state index contributed by atoms with van der Waals surface area (Å²) in [6.07, 6.45) is 1.09. The molecule has 1 aromatic carbocycles. The summed E-state index contributed by atoms with van der Waals surface area (Å²) in [7, 11) is 2.98. The zero-order chi connectivity index (χ0) is 12.3. The average molecular weight is 236 g/mol. The van der Waals surface area contributed by atoms with E-state index in [0.29, 0.717) is 0 Å². The number of nitrogen functional groups attached to an aromatic ring is 1. The maximum atomic E-state index is 5.88. The summed E-state index contributed by atoms with van der Waals surface area (Å²) in [4.78, 5) is 2.22. The van der Waals surface area contributed by atoms with E-state index in [9.17, 15) is 0 Å². The first-order valence-electron chi connectivity index (χ1n) is 5.84. The van der Waals surface area contributed by atoms with Crippen molar-refractivity contribution < 1.29 is 0 Å². The van der Waals surface area contributed by atoms with Gasteiger partial charge in [0.05, 0.1) is 8.07 Å². The van der Waals surface area contributed by atoms with Gasteiger partial charge in [0, 0.05) is 12.2 Å². The van der Waals surface area contributed by atoms with E-state index in [2.05, 4.69) is 50.8 Å². The number of likely N-dealkylation sites (N-methyl/N-ethyl adjacent to an activating group) is 1. The van der Waals surface area contributed by atoms with Crippen molar-refractivity contribution in [1.82, 2.24) is 4.90 Å². The summed E-state index contributed by atoms with van der Waals surface area (Å²) < 4.78 is 0. The van der Waals surface area contributed by atoms with Crippen molar-refractivity contribution in [2.24, 2.45) is 0 Å². The van der Waals surface area contributed by atoms with Crippen LogP contribution >= 0.6 is 0 Å².